The fraction of sp³-hybridized carbons (Fsp3) is 0.385. The highest BCUT2D eigenvalue weighted by atomic mass is 32.1. The largest absolute Gasteiger partial charge is 0.494 e. The Morgan fingerprint density at radius 2 is 2.26 bits per heavy atom. The monoisotopic (exact) mass is 279 g/mol. The van der Waals surface area contributed by atoms with Crippen molar-refractivity contribution in [1.29, 1.82) is 0 Å². The number of carbonyl (C=O) groups is 1. The molecule has 0 aliphatic carbocycles. The average Bonchev–Trinajstić information content (AvgIpc) is 2.78. The Bertz CT molecular complexity index is 568. The first-order chi connectivity index (χ1) is 9.22. The molecule has 0 fully saturated rings. The van der Waals surface area contributed by atoms with Crippen LogP contribution >= 0.6 is 11.3 Å². The Morgan fingerprint density at radius 1 is 1.42 bits per heavy atom. The standard InChI is InChI=1S/C13H17N3O2S/c1-3-7-14-12(17)16-13-15-10-6-5-9(18-4-2)8-11(10)19-13/h5-6,8H,3-4,7H2,1-2H3,(H2,14,15,16,17). The van der Waals surface area contributed by atoms with Crippen LogP contribution in [0.15, 0.2) is 18.2 Å². The van der Waals surface area contributed by atoms with Crippen LogP contribution in [0.2, 0.25) is 0 Å². The number of aromatic nitrogens is 1. The molecule has 0 saturated heterocycles. The van der Waals surface area contributed by atoms with Crippen LogP contribution in [0.1, 0.15) is 20.3 Å². The summed E-state index contributed by atoms with van der Waals surface area (Å²) in [5, 5.41) is 6.08. The summed E-state index contributed by atoms with van der Waals surface area (Å²) < 4.78 is 6.43. The van der Waals surface area contributed by atoms with E-state index < -0.39 is 0 Å². The molecule has 0 aliphatic heterocycles. The summed E-state index contributed by atoms with van der Waals surface area (Å²) in [6.07, 6.45) is 0.908. The number of carbonyl (C=O) groups excluding carboxylic acids is 1. The molecule has 0 unspecified atom stereocenters. The van der Waals surface area contributed by atoms with E-state index in [0.29, 0.717) is 18.3 Å². The predicted molar refractivity (Wildman–Crippen MR) is 78.1 cm³/mol. The molecule has 0 spiro atoms. The molecule has 2 aromatic rings. The summed E-state index contributed by atoms with van der Waals surface area (Å²) in [5.74, 6) is 0.820. The van der Waals surface area contributed by atoms with E-state index in [1.807, 2.05) is 32.0 Å². The lowest BCUT2D eigenvalue weighted by Crippen LogP contribution is -2.29. The summed E-state index contributed by atoms with van der Waals surface area (Å²) in [6.45, 7) is 5.25. The number of benzene rings is 1. The van der Waals surface area contributed by atoms with Gasteiger partial charge in [0.05, 0.1) is 16.8 Å². The molecular formula is C13H17N3O2S. The van der Waals surface area contributed by atoms with Crippen molar-refractivity contribution >= 4 is 32.7 Å². The molecule has 2 N–H and O–H groups in total. The van der Waals surface area contributed by atoms with Crippen LogP contribution in [0.5, 0.6) is 5.75 Å². The van der Waals surface area contributed by atoms with E-state index in [0.717, 1.165) is 22.4 Å². The van der Waals surface area contributed by atoms with Crippen LogP contribution < -0.4 is 15.4 Å². The number of rotatable bonds is 5. The topological polar surface area (TPSA) is 63.2 Å². The zero-order chi connectivity index (χ0) is 13.7. The molecule has 6 heteroatoms. The summed E-state index contributed by atoms with van der Waals surface area (Å²) in [5.41, 5.74) is 0.860. The van der Waals surface area contributed by atoms with Crippen LogP contribution in [-0.4, -0.2) is 24.2 Å². The lowest BCUT2D eigenvalue weighted by molar-refractivity contribution is 0.252. The van der Waals surface area contributed by atoms with E-state index in [4.69, 9.17) is 4.74 Å². The molecule has 5 nitrogen and oxygen atoms in total. The molecule has 102 valence electrons. The molecule has 1 aromatic heterocycles. The number of ether oxygens (including phenoxy) is 1. The van der Waals surface area contributed by atoms with E-state index in [1.54, 1.807) is 0 Å². The van der Waals surface area contributed by atoms with E-state index in [-0.39, 0.29) is 6.03 Å². The van der Waals surface area contributed by atoms with Gasteiger partial charge in [0.25, 0.3) is 0 Å². The number of fused-ring (bicyclic) bond motifs is 1. The van der Waals surface area contributed by atoms with E-state index in [9.17, 15) is 4.79 Å². The highest BCUT2D eigenvalue weighted by Crippen LogP contribution is 2.29. The quantitative estimate of drug-likeness (QED) is 0.883. The molecular weight excluding hydrogens is 262 g/mol. The Labute approximate surface area is 116 Å². The van der Waals surface area contributed by atoms with Crippen molar-refractivity contribution in [2.75, 3.05) is 18.5 Å². The summed E-state index contributed by atoms with van der Waals surface area (Å²) in [6, 6.07) is 5.50. The molecule has 0 bridgehead atoms. The minimum absolute atomic E-state index is 0.217. The van der Waals surface area contributed by atoms with Gasteiger partial charge in [-0.25, -0.2) is 9.78 Å². The smallest absolute Gasteiger partial charge is 0.321 e. The lowest BCUT2D eigenvalue weighted by Gasteiger charge is -2.02. The molecule has 1 aromatic carbocycles. The summed E-state index contributed by atoms with van der Waals surface area (Å²) in [7, 11) is 0. The van der Waals surface area contributed by atoms with Gasteiger partial charge in [-0.1, -0.05) is 18.3 Å². The maximum Gasteiger partial charge on any atom is 0.321 e. The van der Waals surface area contributed by atoms with Gasteiger partial charge in [-0.2, -0.15) is 0 Å². The second kappa shape index (κ2) is 6.38. The third kappa shape index (κ3) is 3.57. The molecule has 19 heavy (non-hydrogen) atoms. The van der Waals surface area contributed by atoms with Crippen molar-refractivity contribution in [2.45, 2.75) is 20.3 Å². The van der Waals surface area contributed by atoms with Crippen molar-refractivity contribution in [3.63, 3.8) is 0 Å². The van der Waals surface area contributed by atoms with Crippen molar-refractivity contribution in [3.8, 4) is 5.75 Å². The van der Waals surface area contributed by atoms with Crippen molar-refractivity contribution < 1.29 is 9.53 Å². The van der Waals surface area contributed by atoms with Crippen LogP contribution in [0, 0.1) is 0 Å². The normalized spacial score (nSPS) is 10.4. The van der Waals surface area contributed by atoms with E-state index >= 15 is 0 Å². The number of nitrogens with zero attached hydrogens (tertiary/aromatic N) is 1. The third-order valence-electron chi connectivity index (χ3n) is 2.43. The van der Waals surface area contributed by atoms with E-state index in [2.05, 4.69) is 15.6 Å². The number of amides is 2. The molecule has 0 atom stereocenters. The molecule has 2 amide bonds. The summed E-state index contributed by atoms with van der Waals surface area (Å²) in [4.78, 5) is 15.9. The number of hydrogen-bond donors (Lipinski definition) is 2. The number of anilines is 1. The van der Waals surface area contributed by atoms with Gasteiger partial charge in [0.2, 0.25) is 0 Å². The zero-order valence-electron chi connectivity index (χ0n) is 11.0. The molecule has 0 aliphatic rings. The molecule has 1 heterocycles. The zero-order valence-corrected chi connectivity index (χ0v) is 11.8. The first kappa shape index (κ1) is 13.6. The van der Waals surface area contributed by atoms with E-state index in [1.165, 1.54) is 11.3 Å². The minimum Gasteiger partial charge on any atom is -0.494 e. The Morgan fingerprint density at radius 3 is 3.00 bits per heavy atom. The van der Waals surface area contributed by atoms with Gasteiger partial charge in [-0.15, -0.1) is 0 Å². The average molecular weight is 279 g/mol. The highest BCUT2D eigenvalue weighted by molar-refractivity contribution is 7.22. The van der Waals surface area contributed by atoms with Crippen molar-refractivity contribution in [3.05, 3.63) is 18.2 Å². The Hall–Kier alpha value is -1.82. The highest BCUT2D eigenvalue weighted by Gasteiger charge is 2.07. The Balaban J connectivity index is 2.10. The van der Waals surface area contributed by atoms with Crippen LogP contribution in [0.4, 0.5) is 9.93 Å². The van der Waals surface area contributed by atoms with Gasteiger partial charge in [0, 0.05) is 6.54 Å². The van der Waals surface area contributed by atoms with Crippen molar-refractivity contribution in [1.82, 2.24) is 10.3 Å². The SMILES string of the molecule is CCCNC(=O)Nc1nc2ccc(OCC)cc2s1. The Kier molecular flexibility index (Phi) is 4.57. The van der Waals surface area contributed by atoms with Gasteiger partial charge in [0.1, 0.15) is 5.75 Å². The number of hydrogen-bond acceptors (Lipinski definition) is 4. The van der Waals surface area contributed by atoms with Gasteiger partial charge in [-0.05, 0) is 31.5 Å². The number of thiazole rings is 1. The maximum atomic E-state index is 11.5. The predicted octanol–water partition coefficient (Wildman–Crippen LogP) is 3.23. The first-order valence-corrected chi connectivity index (χ1v) is 7.12. The van der Waals surface area contributed by atoms with Crippen molar-refractivity contribution in [2.24, 2.45) is 0 Å². The van der Waals surface area contributed by atoms with Gasteiger partial charge < -0.3 is 10.1 Å². The fourth-order valence-corrected chi connectivity index (χ4v) is 2.48. The van der Waals surface area contributed by atoms with Gasteiger partial charge in [0.15, 0.2) is 5.13 Å². The van der Waals surface area contributed by atoms with Crippen LogP contribution in [0.25, 0.3) is 10.2 Å². The van der Waals surface area contributed by atoms with Crippen LogP contribution in [0.3, 0.4) is 0 Å². The van der Waals surface area contributed by atoms with Gasteiger partial charge in [-0.3, -0.25) is 5.32 Å². The summed E-state index contributed by atoms with van der Waals surface area (Å²) >= 11 is 1.44. The minimum atomic E-state index is -0.217. The van der Waals surface area contributed by atoms with Gasteiger partial charge >= 0.3 is 6.03 Å². The molecule has 0 radical (unpaired) electrons. The van der Waals surface area contributed by atoms with Crippen LogP contribution in [-0.2, 0) is 0 Å². The second-order valence-corrected chi connectivity index (χ2v) is 4.99. The molecule has 2 rings (SSSR count). The third-order valence-corrected chi connectivity index (χ3v) is 3.36. The maximum absolute atomic E-state index is 11.5. The second-order valence-electron chi connectivity index (χ2n) is 3.96. The lowest BCUT2D eigenvalue weighted by atomic mass is 10.3. The first-order valence-electron chi connectivity index (χ1n) is 6.31. The number of urea groups is 1. The fourth-order valence-electron chi connectivity index (χ4n) is 1.59. The number of nitrogens with one attached hydrogen (secondary N) is 2. The molecule has 0 saturated carbocycles.